The highest BCUT2D eigenvalue weighted by Gasteiger charge is 2.23. The van der Waals surface area contributed by atoms with Crippen LogP contribution in [0.15, 0.2) is 24.3 Å². The van der Waals surface area contributed by atoms with Crippen molar-refractivity contribution in [3.63, 3.8) is 0 Å². The maximum atomic E-state index is 11.8. The molecule has 94 valence electrons. The van der Waals surface area contributed by atoms with Gasteiger partial charge in [0.25, 0.3) is 0 Å². The van der Waals surface area contributed by atoms with Crippen LogP contribution in [0.1, 0.15) is 20.8 Å². The molecule has 0 aliphatic heterocycles. The number of halogens is 1. The van der Waals surface area contributed by atoms with Crippen LogP contribution in [0.5, 0.6) is 0 Å². The Morgan fingerprint density at radius 2 is 2.06 bits per heavy atom. The molecule has 0 bridgehead atoms. The van der Waals surface area contributed by atoms with Gasteiger partial charge in [-0.15, -0.1) is 0 Å². The van der Waals surface area contributed by atoms with Gasteiger partial charge < -0.3 is 10.1 Å². The molecule has 0 saturated heterocycles. The second-order valence-electron chi connectivity index (χ2n) is 4.10. The fraction of sp³-hybridized carbons (Fsp3) is 0.462. The first-order valence-electron chi connectivity index (χ1n) is 5.74. The summed E-state index contributed by atoms with van der Waals surface area (Å²) in [6.07, 6.45) is 0. The molecular weight excluding hydrogens is 238 g/mol. The molecule has 1 N–H and O–H groups in total. The fourth-order valence-electron chi connectivity index (χ4n) is 1.48. The van der Waals surface area contributed by atoms with Crippen molar-refractivity contribution in [3.8, 4) is 0 Å². The zero-order valence-corrected chi connectivity index (χ0v) is 11.1. The summed E-state index contributed by atoms with van der Waals surface area (Å²) in [7, 11) is 0. The van der Waals surface area contributed by atoms with E-state index in [1.807, 2.05) is 32.0 Å². The lowest BCUT2D eigenvalue weighted by Crippen LogP contribution is -2.36. The first-order valence-corrected chi connectivity index (χ1v) is 6.11. The number of carbonyl (C=O) groups is 1. The summed E-state index contributed by atoms with van der Waals surface area (Å²) in [5, 5.41) is 3.72. The van der Waals surface area contributed by atoms with Crippen LogP contribution in [0.25, 0.3) is 0 Å². The second-order valence-corrected chi connectivity index (χ2v) is 4.51. The molecule has 17 heavy (non-hydrogen) atoms. The number of esters is 1. The number of benzene rings is 1. The van der Waals surface area contributed by atoms with Gasteiger partial charge in [-0.3, -0.25) is 0 Å². The van der Waals surface area contributed by atoms with Gasteiger partial charge in [-0.2, -0.15) is 0 Å². The third-order valence-electron chi connectivity index (χ3n) is 2.39. The normalized spacial score (nSPS) is 12.3. The monoisotopic (exact) mass is 255 g/mol. The zero-order valence-electron chi connectivity index (χ0n) is 10.4. The third-order valence-corrected chi connectivity index (χ3v) is 2.72. The molecule has 0 aliphatic carbocycles. The highest BCUT2D eigenvalue weighted by atomic mass is 35.5. The Labute approximate surface area is 107 Å². The molecule has 1 atom stereocenters. The molecule has 1 aromatic rings. The van der Waals surface area contributed by atoms with Gasteiger partial charge in [-0.25, -0.2) is 4.79 Å². The van der Waals surface area contributed by atoms with Crippen molar-refractivity contribution in [1.29, 1.82) is 0 Å². The Balaban J connectivity index is 2.81. The number of rotatable bonds is 5. The Bertz CT molecular complexity index is 379. The zero-order chi connectivity index (χ0) is 12.8. The number of anilines is 1. The Morgan fingerprint density at radius 1 is 1.41 bits per heavy atom. The summed E-state index contributed by atoms with van der Waals surface area (Å²) in [5.41, 5.74) is 0.751. The highest BCUT2D eigenvalue weighted by Crippen LogP contribution is 2.23. The van der Waals surface area contributed by atoms with E-state index in [-0.39, 0.29) is 17.9 Å². The molecule has 3 nitrogen and oxygen atoms in total. The molecule has 0 aromatic heterocycles. The van der Waals surface area contributed by atoms with Crippen molar-refractivity contribution in [2.75, 3.05) is 11.9 Å². The van der Waals surface area contributed by atoms with Gasteiger partial charge in [-0.05, 0) is 25.0 Å². The molecular formula is C13H18ClNO2. The topological polar surface area (TPSA) is 38.3 Å². The summed E-state index contributed by atoms with van der Waals surface area (Å²) in [4.78, 5) is 11.8. The molecule has 0 aliphatic rings. The van der Waals surface area contributed by atoms with Gasteiger partial charge >= 0.3 is 5.97 Å². The Kier molecular flexibility index (Phi) is 5.29. The van der Waals surface area contributed by atoms with Crippen molar-refractivity contribution >= 4 is 23.3 Å². The molecule has 4 heteroatoms. The second kappa shape index (κ2) is 6.50. The average Bonchev–Trinajstić information content (AvgIpc) is 2.27. The molecule has 0 amide bonds. The molecule has 0 spiro atoms. The molecule has 1 rings (SSSR count). The fourth-order valence-corrected chi connectivity index (χ4v) is 1.67. The molecule has 0 heterocycles. The van der Waals surface area contributed by atoms with Crippen molar-refractivity contribution in [3.05, 3.63) is 29.3 Å². The van der Waals surface area contributed by atoms with Crippen LogP contribution in [-0.2, 0) is 9.53 Å². The van der Waals surface area contributed by atoms with Crippen LogP contribution >= 0.6 is 11.6 Å². The minimum Gasteiger partial charge on any atom is -0.464 e. The van der Waals surface area contributed by atoms with Crippen LogP contribution in [0.2, 0.25) is 5.02 Å². The maximum absolute atomic E-state index is 11.8. The molecule has 0 saturated carbocycles. The van der Waals surface area contributed by atoms with E-state index in [0.29, 0.717) is 11.6 Å². The minimum atomic E-state index is -0.380. The van der Waals surface area contributed by atoms with E-state index >= 15 is 0 Å². The van der Waals surface area contributed by atoms with E-state index in [0.717, 1.165) is 5.69 Å². The van der Waals surface area contributed by atoms with E-state index in [1.165, 1.54) is 0 Å². The number of carbonyl (C=O) groups excluding carboxylic acids is 1. The van der Waals surface area contributed by atoms with Crippen LogP contribution < -0.4 is 5.32 Å². The van der Waals surface area contributed by atoms with E-state index in [1.54, 1.807) is 13.0 Å². The summed E-state index contributed by atoms with van der Waals surface area (Å²) in [5.74, 6) is -0.118. The summed E-state index contributed by atoms with van der Waals surface area (Å²) in [6, 6.07) is 6.97. The maximum Gasteiger partial charge on any atom is 0.328 e. The number of para-hydroxylation sites is 1. The lowest BCUT2D eigenvalue weighted by molar-refractivity contribution is -0.145. The van der Waals surface area contributed by atoms with Gasteiger partial charge in [-0.1, -0.05) is 37.6 Å². The summed E-state index contributed by atoms with van der Waals surface area (Å²) >= 11 is 6.04. The molecule has 0 radical (unpaired) electrons. The van der Waals surface area contributed by atoms with Crippen molar-refractivity contribution in [2.45, 2.75) is 26.8 Å². The predicted molar refractivity (Wildman–Crippen MR) is 70.3 cm³/mol. The van der Waals surface area contributed by atoms with Gasteiger partial charge in [0.2, 0.25) is 0 Å². The lowest BCUT2D eigenvalue weighted by atomic mass is 10.0. The molecule has 1 unspecified atom stereocenters. The predicted octanol–water partition coefficient (Wildman–Crippen LogP) is 3.34. The highest BCUT2D eigenvalue weighted by molar-refractivity contribution is 6.33. The number of hydrogen-bond acceptors (Lipinski definition) is 3. The standard InChI is InChI=1S/C13H18ClNO2/c1-4-17-13(16)12(9(2)3)15-11-8-6-5-7-10(11)14/h5-9,12,15H,4H2,1-3H3. The van der Waals surface area contributed by atoms with Crippen LogP contribution in [-0.4, -0.2) is 18.6 Å². The van der Waals surface area contributed by atoms with Gasteiger partial charge in [0, 0.05) is 0 Å². The number of ether oxygens (including phenoxy) is 1. The van der Waals surface area contributed by atoms with E-state index in [9.17, 15) is 4.79 Å². The van der Waals surface area contributed by atoms with E-state index < -0.39 is 0 Å². The Hall–Kier alpha value is -1.22. The van der Waals surface area contributed by atoms with E-state index in [2.05, 4.69) is 5.32 Å². The lowest BCUT2D eigenvalue weighted by Gasteiger charge is -2.22. The van der Waals surface area contributed by atoms with Crippen molar-refractivity contribution < 1.29 is 9.53 Å². The smallest absolute Gasteiger partial charge is 0.328 e. The van der Waals surface area contributed by atoms with Gasteiger partial charge in [0.05, 0.1) is 17.3 Å². The quantitative estimate of drug-likeness (QED) is 0.820. The Morgan fingerprint density at radius 3 is 2.59 bits per heavy atom. The molecule has 0 fully saturated rings. The SMILES string of the molecule is CCOC(=O)C(Nc1ccccc1Cl)C(C)C. The first kappa shape index (κ1) is 13.8. The van der Waals surface area contributed by atoms with Crippen LogP contribution in [0.4, 0.5) is 5.69 Å². The third kappa shape index (κ3) is 3.93. The average molecular weight is 256 g/mol. The molecule has 1 aromatic carbocycles. The first-order chi connectivity index (χ1) is 8.06. The number of nitrogens with one attached hydrogen (secondary N) is 1. The minimum absolute atomic E-state index is 0.130. The van der Waals surface area contributed by atoms with Crippen molar-refractivity contribution in [1.82, 2.24) is 0 Å². The largest absolute Gasteiger partial charge is 0.464 e. The summed E-state index contributed by atoms with van der Waals surface area (Å²) in [6.45, 7) is 6.11. The van der Waals surface area contributed by atoms with Crippen LogP contribution in [0.3, 0.4) is 0 Å². The van der Waals surface area contributed by atoms with Gasteiger partial charge in [0.15, 0.2) is 0 Å². The van der Waals surface area contributed by atoms with Crippen molar-refractivity contribution in [2.24, 2.45) is 5.92 Å². The van der Waals surface area contributed by atoms with Gasteiger partial charge in [0.1, 0.15) is 6.04 Å². The van der Waals surface area contributed by atoms with E-state index in [4.69, 9.17) is 16.3 Å². The van der Waals surface area contributed by atoms with Crippen LogP contribution in [0, 0.1) is 5.92 Å². The summed E-state index contributed by atoms with van der Waals surface area (Å²) < 4.78 is 5.03. The number of hydrogen-bond donors (Lipinski definition) is 1.